The molecule has 2 aliphatic heterocycles. The SMILES string of the molecule is O=C(Nc1ccc(C(=O)N2CCc3ccccc32)cc1)C1CCN(C(=O)CCOc2ccccc2)CC1. The molecule has 3 aromatic rings. The molecule has 1 fully saturated rings. The normalized spacial score (nSPS) is 15.2. The summed E-state index contributed by atoms with van der Waals surface area (Å²) in [7, 11) is 0. The number of amides is 3. The van der Waals surface area contributed by atoms with Crippen molar-refractivity contribution in [3.8, 4) is 5.75 Å². The summed E-state index contributed by atoms with van der Waals surface area (Å²) in [5, 5.41) is 2.97. The number of hydrogen-bond acceptors (Lipinski definition) is 4. The summed E-state index contributed by atoms with van der Waals surface area (Å²) in [4.78, 5) is 42.0. The van der Waals surface area contributed by atoms with Gasteiger partial charge >= 0.3 is 0 Å². The van der Waals surface area contributed by atoms with Gasteiger partial charge in [-0.3, -0.25) is 14.4 Å². The molecule has 37 heavy (non-hydrogen) atoms. The second-order valence-corrected chi connectivity index (χ2v) is 9.47. The zero-order chi connectivity index (χ0) is 25.6. The number of carbonyl (C=O) groups excluding carboxylic acids is 3. The van der Waals surface area contributed by atoms with Gasteiger partial charge in [-0.05, 0) is 67.3 Å². The van der Waals surface area contributed by atoms with Gasteiger partial charge in [0.05, 0.1) is 13.0 Å². The van der Waals surface area contributed by atoms with Gasteiger partial charge in [0.25, 0.3) is 5.91 Å². The average Bonchev–Trinajstić information content (AvgIpc) is 3.38. The third-order valence-corrected chi connectivity index (χ3v) is 7.08. The minimum absolute atomic E-state index is 0.0333. The van der Waals surface area contributed by atoms with Crippen LogP contribution in [0.15, 0.2) is 78.9 Å². The minimum Gasteiger partial charge on any atom is -0.493 e. The Morgan fingerprint density at radius 3 is 2.30 bits per heavy atom. The minimum atomic E-state index is -0.146. The second-order valence-electron chi connectivity index (χ2n) is 9.47. The Morgan fingerprint density at radius 1 is 0.838 bits per heavy atom. The largest absolute Gasteiger partial charge is 0.493 e. The zero-order valence-electron chi connectivity index (χ0n) is 20.8. The van der Waals surface area contributed by atoms with Crippen LogP contribution in [0, 0.1) is 5.92 Å². The fourth-order valence-electron chi connectivity index (χ4n) is 4.97. The van der Waals surface area contributed by atoms with Crippen molar-refractivity contribution < 1.29 is 19.1 Å². The first-order chi connectivity index (χ1) is 18.1. The summed E-state index contributed by atoms with van der Waals surface area (Å²) in [6, 6.07) is 24.5. The van der Waals surface area contributed by atoms with E-state index in [1.165, 1.54) is 5.56 Å². The van der Waals surface area contributed by atoms with Gasteiger partial charge in [0.2, 0.25) is 11.8 Å². The summed E-state index contributed by atoms with van der Waals surface area (Å²) >= 11 is 0. The number of nitrogens with zero attached hydrogens (tertiary/aromatic N) is 2. The third kappa shape index (κ3) is 5.82. The Balaban J connectivity index is 1.07. The monoisotopic (exact) mass is 497 g/mol. The molecule has 0 unspecified atom stereocenters. The van der Waals surface area contributed by atoms with E-state index in [4.69, 9.17) is 4.74 Å². The number of para-hydroxylation sites is 2. The number of carbonyl (C=O) groups is 3. The first kappa shape index (κ1) is 24.6. The highest BCUT2D eigenvalue weighted by molar-refractivity contribution is 6.07. The van der Waals surface area contributed by atoms with Crippen LogP contribution in [0.4, 0.5) is 11.4 Å². The van der Waals surface area contributed by atoms with Crippen LogP contribution in [0.2, 0.25) is 0 Å². The molecule has 190 valence electrons. The summed E-state index contributed by atoms with van der Waals surface area (Å²) in [6.45, 7) is 2.14. The van der Waals surface area contributed by atoms with Crippen LogP contribution >= 0.6 is 0 Å². The Kier molecular flexibility index (Phi) is 7.49. The molecule has 1 N–H and O–H groups in total. The molecular weight excluding hydrogens is 466 g/mol. The van der Waals surface area contributed by atoms with Gasteiger partial charge in [0.15, 0.2) is 0 Å². The highest BCUT2D eigenvalue weighted by atomic mass is 16.5. The molecule has 1 saturated heterocycles. The van der Waals surface area contributed by atoms with Crippen LogP contribution in [0.5, 0.6) is 5.75 Å². The molecule has 0 aromatic heterocycles. The molecule has 7 nitrogen and oxygen atoms in total. The molecule has 2 heterocycles. The summed E-state index contributed by atoms with van der Waals surface area (Å²) in [5.74, 6) is 0.577. The van der Waals surface area contributed by atoms with Crippen molar-refractivity contribution in [2.75, 3.05) is 36.5 Å². The first-order valence-electron chi connectivity index (χ1n) is 12.8. The standard InChI is InChI=1S/C30H31N3O4/c34-28(17-21-37-26-7-2-1-3-8-26)32-18-14-23(15-19-32)29(35)31-25-12-10-24(11-13-25)30(36)33-20-16-22-6-4-5-9-27(22)33/h1-13,23H,14-21H2,(H,31,35). The van der Waals surface area contributed by atoms with Crippen LogP contribution in [0.3, 0.4) is 0 Å². The molecule has 0 atom stereocenters. The summed E-state index contributed by atoms with van der Waals surface area (Å²) in [6.07, 6.45) is 2.44. The van der Waals surface area contributed by atoms with Crippen LogP contribution in [0.1, 0.15) is 35.2 Å². The maximum atomic E-state index is 13.0. The maximum Gasteiger partial charge on any atom is 0.258 e. The molecule has 7 heteroatoms. The van der Waals surface area contributed by atoms with E-state index in [1.54, 1.807) is 24.3 Å². The zero-order valence-corrected chi connectivity index (χ0v) is 20.8. The number of fused-ring (bicyclic) bond motifs is 1. The van der Waals surface area contributed by atoms with E-state index >= 15 is 0 Å². The topological polar surface area (TPSA) is 79.0 Å². The number of anilines is 2. The Morgan fingerprint density at radius 2 is 1.54 bits per heavy atom. The highest BCUT2D eigenvalue weighted by Gasteiger charge is 2.28. The van der Waals surface area contributed by atoms with Gasteiger partial charge in [-0.15, -0.1) is 0 Å². The van der Waals surface area contributed by atoms with Crippen molar-refractivity contribution in [1.29, 1.82) is 0 Å². The van der Waals surface area contributed by atoms with Crippen LogP contribution in [0.25, 0.3) is 0 Å². The van der Waals surface area contributed by atoms with E-state index in [2.05, 4.69) is 11.4 Å². The lowest BCUT2D eigenvalue weighted by molar-refractivity contribution is -0.135. The fraction of sp³-hybridized carbons (Fsp3) is 0.300. The van der Waals surface area contributed by atoms with E-state index in [0.717, 1.165) is 17.9 Å². The van der Waals surface area contributed by atoms with Crippen LogP contribution in [-0.2, 0) is 16.0 Å². The smallest absolute Gasteiger partial charge is 0.258 e. The molecule has 0 spiro atoms. The average molecular weight is 498 g/mol. The van der Waals surface area contributed by atoms with Gasteiger partial charge < -0.3 is 19.9 Å². The van der Waals surface area contributed by atoms with Crippen molar-refractivity contribution in [3.63, 3.8) is 0 Å². The van der Waals surface area contributed by atoms with E-state index < -0.39 is 0 Å². The lowest BCUT2D eigenvalue weighted by atomic mass is 9.95. The van der Waals surface area contributed by atoms with Gasteiger partial charge in [-0.2, -0.15) is 0 Å². The number of piperidine rings is 1. The third-order valence-electron chi connectivity index (χ3n) is 7.08. The summed E-state index contributed by atoms with van der Waals surface area (Å²) < 4.78 is 5.63. The lowest BCUT2D eigenvalue weighted by Crippen LogP contribution is -2.41. The highest BCUT2D eigenvalue weighted by Crippen LogP contribution is 2.29. The van der Waals surface area contributed by atoms with E-state index in [9.17, 15) is 14.4 Å². The number of rotatable bonds is 7. The van der Waals surface area contributed by atoms with Gasteiger partial charge in [0.1, 0.15) is 5.75 Å². The number of benzene rings is 3. The van der Waals surface area contributed by atoms with Gasteiger partial charge in [0, 0.05) is 42.5 Å². The predicted octanol–water partition coefficient (Wildman–Crippen LogP) is 4.54. The van der Waals surface area contributed by atoms with Gasteiger partial charge in [-0.1, -0.05) is 36.4 Å². The van der Waals surface area contributed by atoms with Crippen molar-refractivity contribution in [3.05, 3.63) is 90.0 Å². The maximum absolute atomic E-state index is 13.0. The molecule has 0 radical (unpaired) electrons. The Labute approximate surface area is 217 Å². The molecule has 0 saturated carbocycles. The Bertz CT molecular complexity index is 1250. The lowest BCUT2D eigenvalue weighted by Gasteiger charge is -2.31. The second kappa shape index (κ2) is 11.3. The number of nitrogens with one attached hydrogen (secondary N) is 1. The van der Waals surface area contributed by atoms with E-state index in [0.29, 0.717) is 56.8 Å². The fourth-order valence-corrected chi connectivity index (χ4v) is 4.97. The molecule has 2 aliphatic rings. The van der Waals surface area contributed by atoms with Gasteiger partial charge in [-0.25, -0.2) is 0 Å². The quantitative estimate of drug-likeness (QED) is 0.520. The van der Waals surface area contributed by atoms with E-state index in [-0.39, 0.29) is 23.6 Å². The van der Waals surface area contributed by atoms with E-state index in [1.807, 2.05) is 58.3 Å². The predicted molar refractivity (Wildman–Crippen MR) is 143 cm³/mol. The van der Waals surface area contributed by atoms with Crippen molar-refractivity contribution in [2.24, 2.45) is 5.92 Å². The molecule has 0 bridgehead atoms. The molecular formula is C30H31N3O4. The number of ether oxygens (including phenoxy) is 1. The summed E-state index contributed by atoms with van der Waals surface area (Å²) in [5.41, 5.74) is 3.42. The first-order valence-corrected chi connectivity index (χ1v) is 12.8. The molecule has 3 amide bonds. The number of likely N-dealkylation sites (tertiary alicyclic amines) is 1. The van der Waals surface area contributed by atoms with Crippen molar-refractivity contribution >= 4 is 29.1 Å². The molecule has 5 rings (SSSR count). The number of hydrogen-bond donors (Lipinski definition) is 1. The van der Waals surface area contributed by atoms with Crippen molar-refractivity contribution in [2.45, 2.75) is 25.7 Å². The Hall–Kier alpha value is -4.13. The van der Waals surface area contributed by atoms with Crippen LogP contribution < -0.4 is 15.0 Å². The molecule has 0 aliphatic carbocycles. The van der Waals surface area contributed by atoms with Crippen LogP contribution in [-0.4, -0.2) is 48.9 Å². The van der Waals surface area contributed by atoms with Crippen molar-refractivity contribution in [1.82, 2.24) is 4.90 Å². The molecule has 3 aromatic carbocycles.